The molecule has 0 amide bonds. The summed E-state index contributed by atoms with van der Waals surface area (Å²) in [4.78, 5) is 0. The standard InChI is InChI=1S/2H3N.Na.H2O.H/h2*1H3;;1H2;. The fourth-order valence-electron chi connectivity index (χ4n) is 0. The van der Waals surface area contributed by atoms with Crippen LogP contribution < -0.4 is 12.3 Å². The maximum atomic E-state index is 0. The van der Waals surface area contributed by atoms with E-state index in [2.05, 4.69) is 0 Å². The second kappa shape index (κ2) is 41.6. The molecule has 3 nitrogen and oxygen atoms in total. The van der Waals surface area contributed by atoms with Crippen molar-refractivity contribution in [2.45, 2.75) is 0 Å². The molecule has 0 atom stereocenters. The van der Waals surface area contributed by atoms with E-state index in [-0.39, 0.29) is 47.3 Å². The minimum absolute atomic E-state index is 0. The zero-order valence-electron chi connectivity index (χ0n) is 1.91. The van der Waals surface area contributed by atoms with Crippen LogP contribution in [0, 0.1) is 0 Å². The molecule has 0 aromatic rings. The molecular weight excluding hydrogens is 67.0 g/mol. The van der Waals surface area contributed by atoms with Gasteiger partial charge >= 0.3 is 29.6 Å². The van der Waals surface area contributed by atoms with E-state index in [4.69, 9.17) is 0 Å². The molecule has 0 saturated carbocycles. The summed E-state index contributed by atoms with van der Waals surface area (Å²) in [6.07, 6.45) is 0. The average Bonchev–Trinajstić information content (AvgIpc) is 0. The van der Waals surface area contributed by atoms with Crippen molar-refractivity contribution in [3.05, 3.63) is 0 Å². The molecular formula is H9N2NaO. The van der Waals surface area contributed by atoms with Crippen molar-refractivity contribution in [2.75, 3.05) is 0 Å². The Morgan fingerprint density at radius 1 is 0.750 bits per heavy atom. The monoisotopic (exact) mass is 76.1 g/mol. The van der Waals surface area contributed by atoms with Crippen LogP contribution in [0.25, 0.3) is 0 Å². The van der Waals surface area contributed by atoms with Crippen LogP contribution in [0.4, 0.5) is 0 Å². The first-order valence-electron chi connectivity index (χ1n) is 0. The summed E-state index contributed by atoms with van der Waals surface area (Å²) >= 11 is 0. The topological polar surface area (TPSA) is 102 Å². The molecule has 0 fully saturated rings. The van der Waals surface area contributed by atoms with E-state index in [0.29, 0.717) is 0 Å². The first kappa shape index (κ1) is 94.9. The molecule has 0 aliphatic rings. The third-order valence-electron chi connectivity index (χ3n) is 0. The summed E-state index contributed by atoms with van der Waals surface area (Å²) < 4.78 is 0. The summed E-state index contributed by atoms with van der Waals surface area (Å²) in [5, 5.41) is 0. The summed E-state index contributed by atoms with van der Waals surface area (Å²) in [6.45, 7) is 0. The van der Waals surface area contributed by atoms with Crippen LogP contribution in [0.2, 0.25) is 0 Å². The fourth-order valence-corrected chi connectivity index (χ4v) is 0. The summed E-state index contributed by atoms with van der Waals surface area (Å²) in [7, 11) is 0. The molecule has 4 heavy (non-hydrogen) atoms. The first-order valence-corrected chi connectivity index (χ1v) is 0. The van der Waals surface area contributed by atoms with E-state index < -0.39 is 0 Å². The molecule has 4 heteroatoms. The Kier molecular flexibility index (Phi) is 986. The molecule has 0 spiro atoms. The second-order valence-electron chi connectivity index (χ2n) is 0. The zero-order chi connectivity index (χ0) is 0. The predicted octanol–water partition coefficient (Wildman–Crippen LogP) is -1.15. The van der Waals surface area contributed by atoms with Crippen molar-refractivity contribution in [1.82, 2.24) is 12.3 Å². The van der Waals surface area contributed by atoms with E-state index in [9.17, 15) is 0 Å². The van der Waals surface area contributed by atoms with Crippen molar-refractivity contribution >= 4 is 29.6 Å². The van der Waals surface area contributed by atoms with Crippen LogP contribution >= 0.6 is 0 Å². The third kappa shape index (κ3) is 13.1. The van der Waals surface area contributed by atoms with Gasteiger partial charge < -0.3 is 17.8 Å². The molecule has 26 valence electrons. The maximum absolute atomic E-state index is 0. The van der Waals surface area contributed by atoms with Gasteiger partial charge in [-0.1, -0.05) is 0 Å². The van der Waals surface area contributed by atoms with Gasteiger partial charge in [-0.3, -0.25) is 0 Å². The van der Waals surface area contributed by atoms with Crippen LogP contribution in [-0.4, -0.2) is 35.0 Å². The van der Waals surface area contributed by atoms with Gasteiger partial charge in [0.05, 0.1) is 0 Å². The number of hydrogen-bond acceptors (Lipinski definition) is 2. The van der Waals surface area contributed by atoms with Crippen molar-refractivity contribution < 1.29 is 5.48 Å². The summed E-state index contributed by atoms with van der Waals surface area (Å²) in [5.41, 5.74) is 0. The molecule has 0 saturated heterocycles. The molecule has 0 aromatic carbocycles. The Balaban J connectivity index is 0. The summed E-state index contributed by atoms with van der Waals surface area (Å²) in [5.74, 6) is 0. The molecule has 0 aromatic heterocycles. The molecule has 0 aliphatic heterocycles. The Labute approximate surface area is 47.5 Å². The molecule has 0 bridgehead atoms. The Hall–Kier alpha value is 0.880. The van der Waals surface area contributed by atoms with Crippen molar-refractivity contribution in [2.24, 2.45) is 0 Å². The first-order chi connectivity index (χ1) is 0. The van der Waals surface area contributed by atoms with Gasteiger partial charge in [-0.25, -0.2) is 0 Å². The Morgan fingerprint density at radius 2 is 0.750 bits per heavy atom. The van der Waals surface area contributed by atoms with Gasteiger partial charge in [0, 0.05) is 0 Å². The van der Waals surface area contributed by atoms with Crippen LogP contribution in [0.15, 0.2) is 0 Å². The van der Waals surface area contributed by atoms with Gasteiger partial charge in [0.2, 0.25) is 0 Å². The number of hydrogen-bond donors (Lipinski definition) is 2. The van der Waals surface area contributed by atoms with Crippen LogP contribution in [-0.2, 0) is 0 Å². The Bertz CT molecular complexity index is 6.00. The minimum atomic E-state index is 0. The van der Waals surface area contributed by atoms with Crippen LogP contribution in [0.5, 0.6) is 0 Å². The fraction of sp³-hybridized carbons (Fsp3) is 0. The predicted molar refractivity (Wildman–Crippen MR) is 20.8 cm³/mol. The SMILES string of the molecule is N.N.O.[NaH]. The van der Waals surface area contributed by atoms with E-state index in [1.807, 2.05) is 0 Å². The quantitative estimate of drug-likeness (QED) is 0.356. The molecule has 0 heterocycles. The van der Waals surface area contributed by atoms with E-state index >= 15 is 0 Å². The van der Waals surface area contributed by atoms with Gasteiger partial charge in [-0.15, -0.1) is 0 Å². The van der Waals surface area contributed by atoms with Gasteiger partial charge in [0.25, 0.3) is 0 Å². The van der Waals surface area contributed by atoms with Gasteiger partial charge in [-0.2, -0.15) is 0 Å². The van der Waals surface area contributed by atoms with Gasteiger partial charge in [0.15, 0.2) is 0 Å². The van der Waals surface area contributed by atoms with Crippen molar-refractivity contribution in [3.8, 4) is 0 Å². The number of rotatable bonds is 0. The molecule has 8 N–H and O–H groups in total. The average molecular weight is 76.1 g/mol. The molecule has 0 radical (unpaired) electrons. The van der Waals surface area contributed by atoms with E-state index in [0.717, 1.165) is 0 Å². The van der Waals surface area contributed by atoms with Crippen molar-refractivity contribution in [1.29, 1.82) is 0 Å². The van der Waals surface area contributed by atoms with Gasteiger partial charge in [-0.05, 0) is 0 Å². The van der Waals surface area contributed by atoms with Crippen LogP contribution in [0.1, 0.15) is 0 Å². The molecule has 0 rings (SSSR count). The van der Waals surface area contributed by atoms with Crippen molar-refractivity contribution in [3.63, 3.8) is 0 Å². The Morgan fingerprint density at radius 3 is 0.750 bits per heavy atom. The normalized spacial score (nSPS) is 0. The van der Waals surface area contributed by atoms with Crippen LogP contribution in [0.3, 0.4) is 0 Å². The molecule has 0 aliphatic carbocycles. The molecule has 0 unspecified atom stereocenters. The van der Waals surface area contributed by atoms with Gasteiger partial charge in [0.1, 0.15) is 0 Å². The zero-order valence-corrected chi connectivity index (χ0v) is 1.91. The van der Waals surface area contributed by atoms with E-state index in [1.54, 1.807) is 0 Å². The third-order valence-corrected chi connectivity index (χ3v) is 0. The second-order valence-corrected chi connectivity index (χ2v) is 0. The summed E-state index contributed by atoms with van der Waals surface area (Å²) in [6, 6.07) is 0. The van der Waals surface area contributed by atoms with E-state index in [1.165, 1.54) is 0 Å².